The lowest BCUT2D eigenvalue weighted by molar-refractivity contribution is -0.152. The van der Waals surface area contributed by atoms with Gasteiger partial charge in [0.25, 0.3) is 0 Å². The Hall–Kier alpha value is -1.90. The molecule has 1 unspecified atom stereocenters. The van der Waals surface area contributed by atoms with Crippen LogP contribution in [0.5, 0.6) is 0 Å². The summed E-state index contributed by atoms with van der Waals surface area (Å²) in [4.78, 5) is 17.2. The molecular weight excluding hydrogens is 374 g/mol. The molecule has 0 bridgehead atoms. The quantitative estimate of drug-likeness (QED) is 0.725. The molecule has 5 nitrogen and oxygen atoms in total. The normalized spacial score (nSPS) is 31.2. The third-order valence-corrected chi connectivity index (χ3v) is 8.04. The van der Waals surface area contributed by atoms with E-state index < -0.39 is 0 Å². The molecule has 3 aliphatic heterocycles. The van der Waals surface area contributed by atoms with E-state index in [0.717, 1.165) is 50.4 Å². The lowest BCUT2D eigenvalue weighted by Crippen LogP contribution is -2.72. The number of likely N-dealkylation sites (tertiary alicyclic amines) is 2. The molecule has 3 saturated heterocycles. The van der Waals surface area contributed by atoms with Crippen LogP contribution in [0.2, 0.25) is 0 Å². The van der Waals surface area contributed by atoms with Crippen molar-refractivity contribution in [1.82, 2.24) is 9.80 Å². The van der Waals surface area contributed by atoms with Crippen molar-refractivity contribution in [2.75, 3.05) is 39.4 Å². The van der Waals surface area contributed by atoms with Gasteiger partial charge in [-0.2, -0.15) is 5.26 Å². The van der Waals surface area contributed by atoms with E-state index in [1.807, 2.05) is 4.90 Å². The zero-order chi connectivity index (χ0) is 20.6. The Morgan fingerprint density at radius 1 is 1.17 bits per heavy atom. The van der Waals surface area contributed by atoms with Crippen LogP contribution < -0.4 is 0 Å². The summed E-state index contributed by atoms with van der Waals surface area (Å²) >= 11 is 0. The Kier molecular flexibility index (Phi) is 5.56. The predicted octanol–water partition coefficient (Wildman–Crippen LogP) is 3.42. The van der Waals surface area contributed by atoms with Gasteiger partial charge in [0, 0.05) is 19.7 Å². The van der Waals surface area contributed by atoms with Crippen molar-refractivity contribution >= 4 is 5.91 Å². The molecule has 3 atom stereocenters. The summed E-state index contributed by atoms with van der Waals surface area (Å²) in [7, 11) is 0. The SMILES string of the molecule is N#CCC1(N2CCC(C[C@@H]3CC3c3ccccc3)CC2)CN(C(=O)[C@H]2CCOC2)C1. The van der Waals surface area contributed by atoms with Crippen LogP contribution in [0.25, 0.3) is 0 Å². The Morgan fingerprint density at radius 3 is 2.60 bits per heavy atom. The lowest BCUT2D eigenvalue weighted by Gasteiger charge is -2.57. The second-order valence-corrected chi connectivity index (χ2v) is 9.99. The fraction of sp³-hybridized carbons (Fsp3) is 0.680. The molecule has 1 aromatic rings. The molecule has 1 saturated carbocycles. The van der Waals surface area contributed by atoms with Gasteiger partial charge in [-0.15, -0.1) is 0 Å². The number of nitriles is 1. The number of hydrogen-bond acceptors (Lipinski definition) is 4. The van der Waals surface area contributed by atoms with Gasteiger partial charge in [-0.25, -0.2) is 0 Å². The first-order chi connectivity index (χ1) is 14.7. The third kappa shape index (κ3) is 3.88. The second-order valence-electron chi connectivity index (χ2n) is 9.99. The topological polar surface area (TPSA) is 56.6 Å². The highest BCUT2D eigenvalue weighted by Gasteiger charge is 2.51. The minimum Gasteiger partial charge on any atom is -0.381 e. The van der Waals surface area contributed by atoms with Crippen molar-refractivity contribution in [2.45, 2.75) is 50.0 Å². The minimum atomic E-state index is -0.110. The maximum Gasteiger partial charge on any atom is 0.228 e. The first kappa shape index (κ1) is 20.0. The van der Waals surface area contributed by atoms with Crippen LogP contribution in [0.15, 0.2) is 30.3 Å². The number of ether oxygens (including phenoxy) is 1. The molecular formula is C25H33N3O2. The summed E-state index contributed by atoms with van der Waals surface area (Å²) in [6.45, 7) is 4.86. The van der Waals surface area contributed by atoms with Gasteiger partial charge in [-0.1, -0.05) is 30.3 Å². The molecule has 5 rings (SSSR count). The molecule has 4 fully saturated rings. The molecule has 160 valence electrons. The number of amides is 1. The average molecular weight is 408 g/mol. The lowest BCUT2D eigenvalue weighted by atomic mass is 9.80. The highest BCUT2D eigenvalue weighted by Crippen LogP contribution is 2.52. The molecule has 1 aromatic carbocycles. The van der Waals surface area contributed by atoms with Gasteiger partial charge in [0.05, 0.1) is 30.6 Å². The summed E-state index contributed by atoms with van der Waals surface area (Å²) in [5, 5.41) is 9.45. The van der Waals surface area contributed by atoms with Crippen LogP contribution >= 0.6 is 0 Å². The minimum absolute atomic E-state index is 0.0342. The highest BCUT2D eigenvalue weighted by molar-refractivity contribution is 5.80. The Balaban J connectivity index is 1.11. The Morgan fingerprint density at radius 2 is 1.93 bits per heavy atom. The molecule has 1 amide bonds. The molecule has 4 aliphatic rings. The van der Waals surface area contributed by atoms with Crippen LogP contribution in [-0.4, -0.2) is 60.6 Å². The number of benzene rings is 1. The standard InChI is InChI=1S/C25H33N3O2/c26-10-9-25(17-27(18-25)24(29)21-8-13-30-16-21)28-11-6-19(7-12-28)14-22-15-23(22)20-4-2-1-3-5-20/h1-5,19,21-23H,6-9,11-18H2/t21-,22+,23?/m0/s1. The van der Waals surface area contributed by atoms with Crippen LogP contribution in [0.1, 0.15) is 50.0 Å². The van der Waals surface area contributed by atoms with Crippen LogP contribution in [0, 0.1) is 29.1 Å². The molecule has 0 aromatic heterocycles. The van der Waals surface area contributed by atoms with E-state index in [2.05, 4.69) is 41.3 Å². The molecule has 30 heavy (non-hydrogen) atoms. The molecule has 3 heterocycles. The van der Waals surface area contributed by atoms with Gasteiger partial charge in [0.1, 0.15) is 0 Å². The van der Waals surface area contributed by atoms with E-state index >= 15 is 0 Å². The van der Waals surface area contributed by atoms with Gasteiger partial charge >= 0.3 is 0 Å². The van der Waals surface area contributed by atoms with Crippen molar-refractivity contribution < 1.29 is 9.53 Å². The van der Waals surface area contributed by atoms with E-state index in [-0.39, 0.29) is 17.4 Å². The first-order valence-electron chi connectivity index (χ1n) is 11.7. The number of carbonyl (C=O) groups excluding carboxylic acids is 1. The van der Waals surface area contributed by atoms with Gasteiger partial charge in [0.2, 0.25) is 5.91 Å². The molecule has 5 heteroatoms. The molecule has 0 radical (unpaired) electrons. The molecule has 1 aliphatic carbocycles. The van der Waals surface area contributed by atoms with Crippen molar-refractivity contribution in [1.29, 1.82) is 5.26 Å². The zero-order valence-corrected chi connectivity index (χ0v) is 17.8. The Bertz CT molecular complexity index is 784. The van der Waals surface area contributed by atoms with E-state index in [9.17, 15) is 10.1 Å². The van der Waals surface area contributed by atoms with Crippen molar-refractivity contribution in [2.24, 2.45) is 17.8 Å². The van der Waals surface area contributed by atoms with Crippen LogP contribution in [0.3, 0.4) is 0 Å². The summed E-state index contributed by atoms with van der Waals surface area (Å²) < 4.78 is 5.39. The molecule has 0 spiro atoms. The number of carbonyl (C=O) groups is 1. The van der Waals surface area contributed by atoms with Crippen LogP contribution in [0.4, 0.5) is 0 Å². The van der Waals surface area contributed by atoms with E-state index in [1.54, 1.807) is 0 Å². The highest BCUT2D eigenvalue weighted by atomic mass is 16.5. The van der Waals surface area contributed by atoms with Gasteiger partial charge in [0.15, 0.2) is 0 Å². The van der Waals surface area contributed by atoms with E-state index in [4.69, 9.17) is 4.74 Å². The maximum absolute atomic E-state index is 12.7. The number of hydrogen-bond donors (Lipinski definition) is 0. The summed E-state index contributed by atoms with van der Waals surface area (Å²) in [5.41, 5.74) is 1.40. The monoisotopic (exact) mass is 407 g/mol. The predicted molar refractivity (Wildman–Crippen MR) is 115 cm³/mol. The summed E-state index contributed by atoms with van der Waals surface area (Å²) in [6.07, 6.45) is 6.54. The van der Waals surface area contributed by atoms with Gasteiger partial charge < -0.3 is 9.64 Å². The molecule has 0 N–H and O–H groups in total. The average Bonchev–Trinajstić information content (AvgIpc) is 3.29. The third-order valence-electron chi connectivity index (χ3n) is 8.04. The van der Waals surface area contributed by atoms with Crippen molar-refractivity contribution in [3.8, 4) is 6.07 Å². The number of piperidine rings is 1. The second kappa shape index (κ2) is 8.32. The van der Waals surface area contributed by atoms with Crippen molar-refractivity contribution in [3.05, 3.63) is 35.9 Å². The van der Waals surface area contributed by atoms with Crippen LogP contribution in [-0.2, 0) is 9.53 Å². The van der Waals surface area contributed by atoms with E-state index in [0.29, 0.717) is 19.6 Å². The van der Waals surface area contributed by atoms with Crippen molar-refractivity contribution in [3.63, 3.8) is 0 Å². The number of rotatable bonds is 6. The summed E-state index contributed by atoms with van der Waals surface area (Å²) in [6, 6.07) is 13.4. The number of nitrogens with zero attached hydrogens (tertiary/aromatic N) is 3. The maximum atomic E-state index is 12.7. The largest absolute Gasteiger partial charge is 0.381 e. The first-order valence-corrected chi connectivity index (χ1v) is 11.7. The Labute approximate surface area is 180 Å². The summed E-state index contributed by atoms with van der Waals surface area (Å²) in [5.74, 6) is 2.72. The fourth-order valence-electron chi connectivity index (χ4n) is 6.07. The fourth-order valence-corrected chi connectivity index (χ4v) is 6.07. The van der Waals surface area contributed by atoms with E-state index in [1.165, 1.54) is 31.2 Å². The zero-order valence-electron chi connectivity index (χ0n) is 17.8. The van der Waals surface area contributed by atoms with Gasteiger partial charge in [-0.05, 0) is 68.5 Å². The van der Waals surface area contributed by atoms with Gasteiger partial charge in [-0.3, -0.25) is 9.69 Å². The smallest absolute Gasteiger partial charge is 0.228 e.